The second-order valence-corrected chi connectivity index (χ2v) is 7.69. The van der Waals surface area contributed by atoms with Gasteiger partial charge in [0.15, 0.2) is 5.82 Å². The van der Waals surface area contributed by atoms with Crippen LogP contribution in [0.15, 0.2) is 34.7 Å². The highest BCUT2D eigenvalue weighted by atomic mass is 32.2. The summed E-state index contributed by atoms with van der Waals surface area (Å²) in [5.41, 5.74) is 3.44. The fourth-order valence-electron chi connectivity index (χ4n) is 2.65. The summed E-state index contributed by atoms with van der Waals surface area (Å²) in [5, 5.41) is 2.01. The predicted molar refractivity (Wildman–Crippen MR) is 82.4 cm³/mol. The topological polar surface area (TPSA) is 88.3 Å². The molecule has 0 spiro atoms. The van der Waals surface area contributed by atoms with Crippen LogP contribution >= 0.6 is 11.3 Å². The second kappa shape index (κ2) is 5.38. The minimum Gasteiger partial charge on any atom is -0.307 e. The van der Waals surface area contributed by atoms with Crippen LogP contribution in [-0.2, 0) is 16.4 Å². The van der Waals surface area contributed by atoms with E-state index in [1.54, 1.807) is 17.4 Å². The Morgan fingerprint density at radius 3 is 3.05 bits per heavy atom. The fraction of sp³-hybridized carbons (Fsp3) is 0.308. The number of hydrogen-bond donors (Lipinski definition) is 2. The van der Waals surface area contributed by atoms with Crippen LogP contribution in [0.5, 0.6) is 0 Å². The van der Waals surface area contributed by atoms with Gasteiger partial charge in [-0.3, -0.25) is 0 Å². The van der Waals surface area contributed by atoms with Gasteiger partial charge in [0.2, 0.25) is 10.0 Å². The molecule has 2 aromatic heterocycles. The van der Waals surface area contributed by atoms with Crippen molar-refractivity contribution in [1.29, 1.82) is 0 Å². The van der Waals surface area contributed by atoms with Crippen LogP contribution in [0.4, 0.5) is 5.82 Å². The van der Waals surface area contributed by atoms with E-state index < -0.39 is 10.0 Å². The normalized spacial score (nSPS) is 19.2. The van der Waals surface area contributed by atoms with Crippen LogP contribution < -0.4 is 11.3 Å². The number of pyridine rings is 1. The van der Waals surface area contributed by atoms with E-state index >= 15 is 0 Å². The van der Waals surface area contributed by atoms with Gasteiger partial charge in [-0.25, -0.2) is 19.2 Å². The molecule has 112 valence electrons. The summed E-state index contributed by atoms with van der Waals surface area (Å²) >= 11 is 1.68. The summed E-state index contributed by atoms with van der Waals surface area (Å²) in [6.45, 7) is 2.38. The van der Waals surface area contributed by atoms with E-state index in [2.05, 4.69) is 10.4 Å². The maximum Gasteiger partial charge on any atom is 0.247 e. The highest BCUT2D eigenvalue weighted by molar-refractivity contribution is 7.89. The van der Waals surface area contributed by atoms with Crippen molar-refractivity contribution < 1.29 is 8.42 Å². The van der Waals surface area contributed by atoms with Crippen molar-refractivity contribution in [3.63, 3.8) is 0 Å². The number of nitrogens with two attached hydrogens (primary N) is 1. The average molecular weight is 324 g/mol. The molecule has 1 atom stereocenters. The SMILES string of the molecule is CC1c2ccsc2CCN1S(=O)(=O)c1cccnc1NN. The molecule has 0 aromatic carbocycles. The Balaban J connectivity index is 2.04. The minimum absolute atomic E-state index is 0.109. The predicted octanol–water partition coefficient (Wildman–Crippen LogP) is 1.74. The first kappa shape index (κ1) is 14.5. The van der Waals surface area contributed by atoms with Crippen LogP contribution in [0, 0.1) is 0 Å². The van der Waals surface area contributed by atoms with Crippen LogP contribution in [0.3, 0.4) is 0 Å². The number of sulfonamides is 1. The highest BCUT2D eigenvalue weighted by Gasteiger charge is 2.35. The van der Waals surface area contributed by atoms with Crippen molar-refractivity contribution in [2.45, 2.75) is 24.3 Å². The van der Waals surface area contributed by atoms with Crippen molar-refractivity contribution in [2.24, 2.45) is 5.84 Å². The summed E-state index contributed by atoms with van der Waals surface area (Å²) in [6, 6.07) is 4.93. The average Bonchev–Trinajstić information content (AvgIpc) is 2.96. The maximum absolute atomic E-state index is 12.9. The van der Waals surface area contributed by atoms with Gasteiger partial charge in [-0.2, -0.15) is 4.31 Å². The highest BCUT2D eigenvalue weighted by Crippen LogP contribution is 2.37. The minimum atomic E-state index is -3.64. The molecular weight excluding hydrogens is 308 g/mol. The Labute approximate surface area is 127 Å². The van der Waals surface area contributed by atoms with Gasteiger partial charge >= 0.3 is 0 Å². The molecule has 0 saturated carbocycles. The lowest BCUT2D eigenvalue weighted by Gasteiger charge is -2.32. The second-order valence-electron chi connectivity index (χ2n) is 4.84. The standard InChI is InChI=1S/C13H16N4O2S2/c1-9-10-5-8-20-11(10)4-7-17(9)21(18,19)12-3-2-6-15-13(12)16-14/h2-3,5-6,8-9H,4,7,14H2,1H3,(H,15,16). The van der Waals surface area contributed by atoms with Crippen molar-refractivity contribution in [2.75, 3.05) is 12.0 Å². The third-order valence-corrected chi connectivity index (χ3v) is 6.71. The summed E-state index contributed by atoms with van der Waals surface area (Å²) in [4.78, 5) is 5.35. The van der Waals surface area contributed by atoms with Gasteiger partial charge in [-0.1, -0.05) is 0 Å². The van der Waals surface area contributed by atoms with Crippen LogP contribution in [-0.4, -0.2) is 24.3 Å². The van der Waals surface area contributed by atoms with Gasteiger partial charge in [0.25, 0.3) is 0 Å². The van der Waals surface area contributed by atoms with Crippen molar-refractivity contribution in [3.8, 4) is 0 Å². The molecule has 0 radical (unpaired) electrons. The molecule has 1 aliphatic rings. The molecular formula is C13H16N4O2S2. The van der Waals surface area contributed by atoms with E-state index in [1.807, 2.05) is 18.4 Å². The van der Waals surface area contributed by atoms with E-state index in [-0.39, 0.29) is 16.8 Å². The number of thiophene rings is 1. The number of rotatable bonds is 3. The van der Waals surface area contributed by atoms with Gasteiger partial charge in [0, 0.05) is 23.7 Å². The Morgan fingerprint density at radius 2 is 2.29 bits per heavy atom. The zero-order valence-corrected chi connectivity index (χ0v) is 13.1. The first-order valence-corrected chi connectivity index (χ1v) is 8.87. The number of anilines is 1. The zero-order chi connectivity index (χ0) is 15.0. The lowest BCUT2D eigenvalue weighted by molar-refractivity contribution is 0.329. The first-order valence-electron chi connectivity index (χ1n) is 6.55. The quantitative estimate of drug-likeness (QED) is 0.663. The van der Waals surface area contributed by atoms with E-state index in [0.717, 1.165) is 12.0 Å². The third-order valence-electron chi connectivity index (χ3n) is 3.72. The van der Waals surface area contributed by atoms with E-state index in [1.165, 1.54) is 21.4 Å². The molecule has 6 nitrogen and oxygen atoms in total. The molecule has 0 saturated heterocycles. The van der Waals surface area contributed by atoms with Gasteiger partial charge in [0.1, 0.15) is 4.90 Å². The lowest BCUT2D eigenvalue weighted by atomic mass is 10.0. The number of nitrogens with one attached hydrogen (secondary N) is 1. The largest absolute Gasteiger partial charge is 0.307 e. The number of fused-ring (bicyclic) bond motifs is 1. The van der Waals surface area contributed by atoms with Gasteiger partial charge in [0.05, 0.1) is 0 Å². The molecule has 1 aliphatic heterocycles. The molecule has 0 bridgehead atoms. The third kappa shape index (κ3) is 2.34. The van der Waals surface area contributed by atoms with Gasteiger partial charge in [-0.15, -0.1) is 11.3 Å². The molecule has 2 aromatic rings. The summed E-state index contributed by atoms with van der Waals surface area (Å²) in [5.74, 6) is 5.55. The van der Waals surface area contributed by atoms with Crippen molar-refractivity contribution in [3.05, 3.63) is 40.2 Å². The fourth-order valence-corrected chi connectivity index (χ4v) is 5.33. The summed E-state index contributed by atoms with van der Waals surface area (Å²) < 4.78 is 27.3. The Kier molecular flexibility index (Phi) is 3.70. The van der Waals surface area contributed by atoms with Gasteiger partial charge in [-0.05, 0) is 42.5 Å². The molecule has 0 aliphatic carbocycles. The Morgan fingerprint density at radius 1 is 1.48 bits per heavy atom. The van der Waals surface area contributed by atoms with Crippen LogP contribution in [0.25, 0.3) is 0 Å². The molecule has 8 heteroatoms. The van der Waals surface area contributed by atoms with Gasteiger partial charge < -0.3 is 5.43 Å². The number of hydrogen-bond acceptors (Lipinski definition) is 6. The van der Waals surface area contributed by atoms with Crippen LogP contribution in [0.1, 0.15) is 23.4 Å². The Hall–Kier alpha value is -1.48. The van der Waals surface area contributed by atoms with E-state index in [4.69, 9.17) is 5.84 Å². The number of nitrogen functional groups attached to an aromatic ring is 1. The lowest BCUT2D eigenvalue weighted by Crippen LogP contribution is -2.38. The molecule has 1 unspecified atom stereocenters. The molecule has 3 N–H and O–H groups in total. The van der Waals surface area contributed by atoms with E-state index in [0.29, 0.717) is 6.54 Å². The monoisotopic (exact) mass is 324 g/mol. The number of nitrogens with zero attached hydrogens (tertiary/aromatic N) is 2. The molecule has 0 fully saturated rings. The van der Waals surface area contributed by atoms with Crippen molar-refractivity contribution >= 4 is 27.2 Å². The number of hydrazine groups is 1. The van der Waals surface area contributed by atoms with E-state index in [9.17, 15) is 8.42 Å². The molecule has 21 heavy (non-hydrogen) atoms. The molecule has 3 heterocycles. The summed E-state index contributed by atoms with van der Waals surface area (Å²) in [7, 11) is -3.64. The van der Waals surface area contributed by atoms with Crippen molar-refractivity contribution in [1.82, 2.24) is 9.29 Å². The Bertz CT molecular complexity index is 757. The molecule has 3 rings (SSSR count). The molecule has 0 amide bonds. The first-order chi connectivity index (χ1) is 10.1. The summed E-state index contributed by atoms with van der Waals surface area (Å²) in [6.07, 6.45) is 2.24. The van der Waals surface area contributed by atoms with Crippen LogP contribution in [0.2, 0.25) is 0 Å². The smallest absolute Gasteiger partial charge is 0.247 e. The maximum atomic E-state index is 12.9. The zero-order valence-electron chi connectivity index (χ0n) is 11.5. The number of aromatic nitrogens is 1.